The third kappa shape index (κ3) is 5.01. The van der Waals surface area contributed by atoms with Crippen LogP contribution in [0.4, 0.5) is 8.78 Å². The van der Waals surface area contributed by atoms with Crippen molar-refractivity contribution >= 4 is 17.5 Å². The molecule has 0 radical (unpaired) electrons. The van der Waals surface area contributed by atoms with E-state index in [1.807, 2.05) is 0 Å². The fourth-order valence-corrected chi connectivity index (χ4v) is 2.45. The Morgan fingerprint density at radius 1 is 1.44 bits per heavy atom. The molecule has 1 saturated heterocycles. The Hall–Kier alpha value is -2.08. The maximum Gasteiger partial charge on any atom is 0.253 e. The highest BCUT2D eigenvalue weighted by Gasteiger charge is 2.35. The number of nitrogens with zero attached hydrogens (tertiary/aromatic N) is 3. The van der Waals surface area contributed by atoms with Crippen molar-refractivity contribution in [3.8, 4) is 0 Å². The van der Waals surface area contributed by atoms with E-state index in [2.05, 4.69) is 9.97 Å². The number of aryl methyl sites for hydroxylation is 2. The van der Waals surface area contributed by atoms with Crippen LogP contribution in [-0.2, 0) is 6.37 Å². The van der Waals surface area contributed by atoms with E-state index in [4.69, 9.17) is 26.7 Å². The van der Waals surface area contributed by atoms with E-state index in [9.17, 15) is 9.18 Å². The first-order valence-corrected chi connectivity index (χ1v) is 8.25. The summed E-state index contributed by atoms with van der Waals surface area (Å²) in [5.41, 5.74) is -4.31. The molecule has 27 heavy (non-hydrogen) atoms. The number of hydrogen-bond acceptors (Lipinski definition) is 3. The van der Waals surface area contributed by atoms with Crippen molar-refractivity contribution in [2.45, 2.75) is 44.5 Å². The van der Waals surface area contributed by atoms with Gasteiger partial charge in [-0.2, -0.15) is 0 Å². The minimum atomic E-state index is -3.71. The van der Waals surface area contributed by atoms with Gasteiger partial charge in [0.2, 0.25) is 0 Å². The first-order chi connectivity index (χ1) is 17.1. The molecule has 1 amide bonds. The van der Waals surface area contributed by atoms with Gasteiger partial charge in [0.15, 0.2) is 0 Å². The fourth-order valence-electron chi connectivity index (χ4n) is 2.27. The van der Waals surface area contributed by atoms with Crippen molar-refractivity contribution in [2.24, 2.45) is 0 Å². The number of rotatable bonds is 5. The van der Waals surface area contributed by atoms with Crippen molar-refractivity contribution in [3.05, 3.63) is 58.4 Å². The molecule has 0 aliphatic carbocycles. The van der Waals surface area contributed by atoms with E-state index < -0.39 is 80.1 Å². The Bertz CT molecular complexity index is 1230. The van der Waals surface area contributed by atoms with Crippen molar-refractivity contribution < 1.29 is 28.7 Å². The number of aromatic nitrogens is 2. The third-order valence-corrected chi connectivity index (χ3v) is 4.01. The maximum atomic E-state index is 16.4. The zero-order chi connectivity index (χ0) is 29.1. The first-order valence-electron chi connectivity index (χ1n) is 13.4. The molecule has 4 nitrogen and oxygen atoms in total. The van der Waals surface area contributed by atoms with Crippen LogP contribution in [0, 0.1) is 12.7 Å². The smallest absolute Gasteiger partial charge is 0.253 e. The molecule has 0 N–H and O–H groups in total. The summed E-state index contributed by atoms with van der Waals surface area (Å²) in [5, 5.41) is -0.490. The third-order valence-electron chi connectivity index (χ3n) is 3.72. The lowest BCUT2D eigenvalue weighted by molar-refractivity contribution is 0.0389. The highest BCUT2D eigenvalue weighted by atomic mass is 35.5. The molecule has 1 aliphatic rings. The molecule has 0 spiro atoms. The van der Waals surface area contributed by atoms with Gasteiger partial charge in [0.25, 0.3) is 5.91 Å². The summed E-state index contributed by atoms with van der Waals surface area (Å²) in [7, 11) is 0. The summed E-state index contributed by atoms with van der Waals surface area (Å²) in [6.45, 7) is -7.25. The molecule has 1 aromatic heterocycles. The van der Waals surface area contributed by atoms with Crippen LogP contribution in [0.5, 0.6) is 0 Å². The second kappa shape index (κ2) is 8.30. The van der Waals surface area contributed by atoms with Crippen LogP contribution >= 0.6 is 11.6 Å². The largest absolute Gasteiger partial charge is 0.338 e. The summed E-state index contributed by atoms with van der Waals surface area (Å²) in [4.78, 5) is 20.5. The van der Waals surface area contributed by atoms with Crippen LogP contribution < -0.4 is 0 Å². The molecule has 1 unspecified atom stereocenters. The van der Waals surface area contributed by atoms with E-state index in [-0.39, 0.29) is 16.0 Å². The molecule has 0 bridgehead atoms. The second-order valence-electron chi connectivity index (χ2n) is 5.71. The number of carbonyl (C=O) groups is 1. The van der Waals surface area contributed by atoms with E-state index in [1.54, 1.807) is 0 Å². The number of hydrogen-bond donors (Lipinski definition) is 0. The number of carbonyl (C=O) groups excluding carboxylic acids is 1. The molecule has 2 heterocycles. The predicted molar refractivity (Wildman–Crippen MR) is 100 cm³/mol. The molecule has 7 heteroatoms. The van der Waals surface area contributed by atoms with Gasteiger partial charge < -0.3 is 4.90 Å². The highest BCUT2D eigenvalue weighted by molar-refractivity contribution is 6.31. The van der Waals surface area contributed by atoms with Crippen LogP contribution in [0.3, 0.4) is 0 Å². The average molecular weight is 405 g/mol. The molecule has 144 valence electrons. The molecule has 1 atom stereocenters. The van der Waals surface area contributed by atoms with E-state index in [1.165, 1.54) is 0 Å². The van der Waals surface area contributed by atoms with Gasteiger partial charge >= 0.3 is 0 Å². The van der Waals surface area contributed by atoms with Crippen molar-refractivity contribution in [3.63, 3.8) is 0 Å². The topological polar surface area (TPSA) is 46.1 Å². The second-order valence-corrected chi connectivity index (χ2v) is 6.11. The van der Waals surface area contributed by atoms with Crippen LogP contribution in [0.15, 0.2) is 30.6 Å². The Kier molecular flexibility index (Phi) is 3.05. The standard InChI is InChI=1S/C20H22ClF2N3O/c1-14-12-24-18(25-13-14)3-2-6-20(23)7-9-26(10-8-20)19(27)15-4-5-17(22)16(21)11-15/h4-5,11-13H,2-3,6-10H2,1H3/i1D3,3D2,7D2,8D2,9D2. The van der Waals surface area contributed by atoms with Gasteiger partial charge in [-0.3, -0.25) is 4.79 Å². The Labute approximate surface area is 178 Å². The van der Waals surface area contributed by atoms with Gasteiger partial charge in [0.05, 0.1) is 5.02 Å². The summed E-state index contributed by atoms with van der Waals surface area (Å²) < 4.78 is 118. The Balaban J connectivity index is 1.92. The normalized spacial score (nSPS) is 32.6. The van der Waals surface area contributed by atoms with Gasteiger partial charge in [-0.1, -0.05) is 11.6 Å². The summed E-state index contributed by atoms with van der Waals surface area (Å²) >= 11 is 5.67. The zero-order valence-electron chi connectivity index (χ0n) is 24.9. The molecule has 3 rings (SSSR count). The molecule has 1 fully saturated rings. The molecular formula is C20H22ClF2N3O. The highest BCUT2D eigenvalue weighted by Crippen LogP contribution is 2.32. The zero-order valence-corrected chi connectivity index (χ0v) is 14.6. The fraction of sp³-hybridized carbons (Fsp3) is 0.450. The van der Waals surface area contributed by atoms with Crippen LogP contribution in [0.2, 0.25) is 5.02 Å². The predicted octanol–water partition coefficient (Wildman–Crippen LogP) is 4.54. The van der Waals surface area contributed by atoms with Gasteiger partial charge in [-0.05, 0) is 56.2 Å². The summed E-state index contributed by atoms with van der Waals surface area (Å²) in [6.07, 6.45) is -9.87. The lowest BCUT2D eigenvalue weighted by Crippen LogP contribution is -2.44. The minimum Gasteiger partial charge on any atom is -0.338 e. The lowest BCUT2D eigenvalue weighted by atomic mass is 9.88. The minimum absolute atomic E-state index is 0.166. The van der Waals surface area contributed by atoms with E-state index in [0.29, 0.717) is 0 Å². The van der Waals surface area contributed by atoms with E-state index >= 15 is 4.39 Å². The van der Waals surface area contributed by atoms with E-state index in [0.717, 1.165) is 30.6 Å². The monoisotopic (exact) mass is 404 g/mol. The number of likely N-dealkylation sites (tertiary alicyclic amines) is 1. The number of amides is 1. The van der Waals surface area contributed by atoms with Crippen molar-refractivity contribution in [1.82, 2.24) is 14.9 Å². The van der Waals surface area contributed by atoms with Gasteiger partial charge in [-0.25, -0.2) is 18.7 Å². The van der Waals surface area contributed by atoms with Crippen molar-refractivity contribution in [1.29, 1.82) is 0 Å². The molecular weight excluding hydrogens is 372 g/mol. The van der Waals surface area contributed by atoms with Crippen LogP contribution in [0.25, 0.3) is 0 Å². The van der Waals surface area contributed by atoms with Gasteiger partial charge in [0.1, 0.15) is 17.3 Å². The Morgan fingerprint density at radius 3 is 2.93 bits per heavy atom. The number of benzene rings is 1. The lowest BCUT2D eigenvalue weighted by Gasteiger charge is -2.36. The summed E-state index contributed by atoms with van der Waals surface area (Å²) in [6, 6.07) is 2.60. The molecule has 1 aliphatic heterocycles. The number of halogens is 3. The van der Waals surface area contributed by atoms with Crippen molar-refractivity contribution in [2.75, 3.05) is 13.0 Å². The Morgan fingerprint density at radius 2 is 2.22 bits per heavy atom. The molecule has 2 aromatic rings. The van der Waals surface area contributed by atoms with Gasteiger partial charge in [-0.15, -0.1) is 0 Å². The van der Waals surface area contributed by atoms with Crippen LogP contribution in [0.1, 0.15) is 62.4 Å². The SMILES string of the molecule is [2H]C([2H])([2H])c1cnc(C([2H])([2H])CCC2(F)C([2H])([2H])CN(C(=O)c3ccc(F)c(Cl)c3)C([2H])([2H])C2([2H])[2H])nc1. The van der Waals surface area contributed by atoms with Crippen LogP contribution in [-0.4, -0.2) is 39.5 Å². The quantitative estimate of drug-likeness (QED) is 0.734. The number of alkyl halides is 1. The summed E-state index contributed by atoms with van der Waals surface area (Å²) in [5.74, 6) is -2.70. The first kappa shape index (κ1) is 9.92. The average Bonchev–Trinajstić information content (AvgIpc) is 2.80. The molecule has 1 aromatic carbocycles. The maximum absolute atomic E-state index is 16.4. The number of piperidine rings is 1. The van der Waals surface area contributed by atoms with Gasteiger partial charge in [0, 0.05) is 52.5 Å². The molecule has 0 saturated carbocycles.